The average molecular weight is 305 g/mol. The highest BCUT2D eigenvalue weighted by atomic mass is 16.5. The lowest BCUT2D eigenvalue weighted by atomic mass is 9.99. The lowest BCUT2D eigenvalue weighted by molar-refractivity contribution is 0.345. The third kappa shape index (κ3) is 3.64. The second kappa shape index (κ2) is 7.38. The maximum Gasteiger partial charge on any atom is 0.193 e. The Morgan fingerprint density at radius 1 is 1.23 bits per heavy atom. The molecular formula is C17H27N3O2. The van der Waals surface area contributed by atoms with E-state index in [1.54, 1.807) is 14.2 Å². The largest absolute Gasteiger partial charge is 0.493 e. The van der Waals surface area contributed by atoms with Crippen LogP contribution in [0.5, 0.6) is 11.5 Å². The van der Waals surface area contributed by atoms with Gasteiger partial charge in [-0.05, 0) is 35.6 Å². The zero-order valence-electron chi connectivity index (χ0n) is 14.3. The number of hydrogen-bond donors (Lipinski definition) is 1. The second-order valence-electron chi connectivity index (χ2n) is 5.97. The van der Waals surface area contributed by atoms with Gasteiger partial charge in [0.25, 0.3) is 0 Å². The molecule has 0 atom stereocenters. The predicted octanol–water partition coefficient (Wildman–Crippen LogP) is 2.29. The van der Waals surface area contributed by atoms with Crippen LogP contribution in [0.25, 0.3) is 0 Å². The van der Waals surface area contributed by atoms with Gasteiger partial charge in [0, 0.05) is 26.7 Å². The summed E-state index contributed by atoms with van der Waals surface area (Å²) in [5.74, 6) is 3.15. The minimum Gasteiger partial charge on any atom is -0.493 e. The number of aliphatic imine (C=N–C) groups is 1. The molecule has 0 fully saturated rings. The van der Waals surface area contributed by atoms with Gasteiger partial charge in [-0.15, -0.1) is 0 Å². The Morgan fingerprint density at radius 2 is 1.86 bits per heavy atom. The average Bonchev–Trinajstić information content (AvgIpc) is 2.53. The Hall–Kier alpha value is -1.91. The standard InChI is InChI=1S/C17H27N3O2/c1-12(2)10-19-17(18-3)20-7-6-13-8-15(21-4)16(22-5)9-14(13)11-20/h8-9,12H,6-7,10-11H2,1-5H3,(H,18,19). The van der Waals surface area contributed by atoms with Gasteiger partial charge >= 0.3 is 0 Å². The Bertz CT molecular complexity index is 541. The van der Waals surface area contributed by atoms with Crippen molar-refractivity contribution in [3.05, 3.63) is 23.3 Å². The number of benzene rings is 1. The fourth-order valence-electron chi connectivity index (χ4n) is 2.69. The SMILES string of the molecule is CN=C(NCC(C)C)N1CCc2cc(OC)c(OC)cc2C1. The smallest absolute Gasteiger partial charge is 0.193 e. The highest BCUT2D eigenvalue weighted by Gasteiger charge is 2.21. The molecule has 1 aromatic rings. The maximum atomic E-state index is 5.41. The van der Waals surface area contributed by atoms with E-state index in [9.17, 15) is 0 Å². The van der Waals surface area contributed by atoms with Crippen LogP contribution in [0.1, 0.15) is 25.0 Å². The summed E-state index contributed by atoms with van der Waals surface area (Å²) >= 11 is 0. The van der Waals surface area contributed by atoms with Gasteiger partial charge in [-0.1, -0.05) is 13.8 Å². The number of ether oxygens (including phenoxy) is 2. The molecule has 0 spiro atoms. The van der Waals surface area contributed by atoms with E-state index in [4.69, 9.17) is 9.47 Å². The molecule has 2 rings (SSSR count). The molecule has 0 saturated heterocycles. The molecule has 0 saturated carbocycles. The van der Waals surface area contributed by atoms with E-state index in [1.807, 2.05) is 7.05 Å². The summed E-state index contributed by atoms with van der Waals surface area (Å²) in [7, 11) is 5.19. The van der Waals surface area contributed by atoms with Gasteiger partial charge in [0.15, 0.2) is 17.5 Å². The summed E-state index contributed by atoms with van der Waals surface area (Å²) in [4.78, 5) is 6.70. The summed E-state index contributed by atoms with van der Waals surface area (Å²) in [5, 5.41) is 3.44. The molecule has 0 aromatic heterocycles. The summed E-state index contributed by atoms with van der Waals surface area (Å²) in [6, 6.07) is 4.17. The topological polar surface area (TPSA) is 46.1 Å². The Balaban J connectivity index is 2.16. The Labute approximate surface area is 133 Å². The number of nitrogens with zero attached hydrogens (tertiary/aromatic N) is 2. The molecule has 1 N–H and O–H groups in total. The van der Waals surface area contributed by atoms with Gasteiger partial charge in [-0.2, -0.15) is 0 Å². The minimum absolute atomic E-state index is 0.596. The molecular weight excluding hydrogens is 278 g/mol. The van der Waals surface area contributed by atoms with Crippen molar-refractivity contribution in [3.63, 3.8) is 0 Å². The monoisotopic (exact) mass is 305 g/mol. The summed E-state index contributed by atoms with van der Waals surface area (Å²) < 4.78 is 10.8. The van der Waals surface area contributed by atoms with Gasteiger partial charge in [0.2, 0.25) is 0 Å². The van der Waals surface area contributed by atoms with Gasteiger partial charge < -0.3 is 19.7 Å². The first kappa shape index (κ1) is 16.5. The van der Waals surface area contributed by atoms with E-state index < -0.39 is 0 Å². The van der Waals surface area contributed by atoms with Crippen LogP contribution in [0.2, 0.25) is 0 Å². The van der Waals surface area contributed by atoms with Crippen LogP contribution in [0.4, 0.5) is 0 Å². The number of rotatable bonds is 4. The molecule has 5 heteroatoms. The van der Waals surface area contributed by atoms with Crippen LogP contribution in [0.15, 0.2) is 17.1 Å². The van der Waals surface area contributed by atoms with Crippen molar-refractivity contribution in [3.8, 4) is 11.5 Å². The number of guanidine groups is 1. The molecule has 0 amide bonds. The molecule has 0 aliphatic carbocycles. The molecule has 1 heterocycles. The van der Waals surface area contributed by atoms with Crippen molar-refractivity contribution in [2.45, 2.75) is 26.8 Å². The third-order valence-corrected chi connectivity index (χ3v) is 3.90. The van der Waals surface area contributed by atoms with Crippen LogP contribution in [0, 0.1) is 5.92 Å². The Morgan fingerprint density at radius 3 is 2.41 bits per heavy atom. The molecule has 1 aliphatic heterocycles. The van der Waals surface area contributed by atoms with Gasteiger partial charge in [0.1, 0.15) is 0 Å². The molecule has 1 aliphatic rings. The normalized spacial score (nSPS) is 14.8. The molecule has 5 nitrogen and oxygen atoms in total. The highest BCUT2D eigenvalue weighted by molar-refractivity contribution is 5.80. The van der Waals surface area contributed by atoms with Crippen molar-refractivity contribution < 1.29 is 9.47 Å². The molecule has 0 unspecified atom stereocenters. The zero-order chi connectivity index (χ0) is 16.1. The van der Waals surface area contributed by atoms with E-state index >= 15 is 0 Å². The summed E-state index contributed by atoms with van der Waals surface area (Å²) in [6.07, 6.45) is 0.984. The first-order valence-corrected chi connectivity index (χ1v) is 7.78. The molecule has 0 bridgehead atoms. The van der Waals surface area contributed by atoms with Crippen molar-refractivity contribution >= 4 is 5.96 Å². The Kier molecular flexibility index (Phi) is 5.52. The minimum atomic E-state index is 0.596. The van der Waals surface area contributed by atoms with Crippen LogP contribution in [-0.4, -0.2) is 45.2 Å². The van der Waals surface area contributed by atoms with E-state index in [1.165, 1.54) is 11.1 Å². The van der Waals surface area contributed by atoms with Gasteiger partial charge in [0.05, 0.1) is 14.2 Å². The lowest BCUT2D eigenvalue weighted by Crippen LogP contribution is -2.45. The van der Waals surface area contributed by atoms with Gasteiger partial charge in [-0.3, -0.25) is 4.99 Å². The lowest BCUT2D eigenvalue weighted by Gasteiger charge is -2.32. The summed E-state index contributed by atoms with van der Waals surface area (Å²) in [5.41, 5.74) is 2.60. The van der Waals surface area contributed by atoms with Crippen LogP contribution in [0.3, 0.4) is 0 Å². The predicted molar refractivity (Wildman–Crippen MR) is 89.9 cm³/mol. The van der Waals surface area contributed by atoms with Crippen molar-refractivity contribution in [1.29, 1.82) is 0 Å². The third-order valence-electron chi connectivity index (χ3n) is 3.90. The first-order valence-electron chi connectivity index (χ1n) is 7.78. The quantitative estimate of drug-likeness (QED) is 0.685. The number of fused-ring (bicyclic) bond motifs is 1. The number of methoxy groups -OCH3 is 2. The van der Waals surface area contributed by atoms with Crippen molar-refractivity contribution in [2.24, 2.45) is 10.9 Å². The van der Waals surface area contributed by atoms with E-state index in [2.05, 4.69) is 41.2 Å². The van der Waals surface area contributed by atoms with Gasteiger partial charge in [-0.25, -0.2) is 0 Å². The van der Waals surface area contributed by atoms with E-state index in [0.29, 0.717) is 5.92 Å². The first-order chi connectivity index (χ1) is 10.6. The molecule has 0 radical (unpaired) electrons. The molecule has 122 valence electrons. The maximum absolute atomic E-state index is 5.41. The fraction of sp³-hybridized carbons (Fsp3) is 0.588. The van der Waals surface area contributed by atoms with Crippen molar-refractivity contribution in [2.75, 3.05) is 34.4 Å². The molecule has 1 aromatic carbocycles. The molecule has 22 heavy (non-hydrogen) atoms. The number of hydrogen-bond acceptors (Lipinski definition) is 3. The second-order valence-corrected chi connectivity index (χ2v) is 5.97. The van der Waals surface area contributed by atoms with Crippen LogP contribution in [-0.2, 0) is 13.0 Å². The van der Waals surface area contributed by atoms with Crippen LogP contribution < -0.4 is 14.8 Å². The zero-order valence-corrected chi connectivity index (χ0v) is 14.3. The van der Waals surface area contributed by atoms with E-state index in [-0.39, 0.29) is 0 Å². The van der Waals surface area contributed by atoms with E-state index in [0.717, 1.165) is 43.5 Å². The highest BCUT2D eigenvalue weighted by Crippen LogP contribution is 2.33. The van der Waals surface area contributed by atoms with Crippen LogP contribution >= 0.6 is 0 Å². The number of nitrogens with one attached hydrogen (secondary N) is 1. The fourth-order valence-corrected chi connectivity index (χ4v) is 2.69. The van der Waals surface area contributed by atoms with Crippen molar-refractivity contribution in [1.82, 2.24) is 10.2 Å². The summed E-state index contributed by atoms with van der Waals surface area (Å²) in [6.45, 7) is 7.13.